The van der Waals surface area contributed by atoms with Gasteiger partial charge in [0, 0.05) is 43.9 Å². The van der Waals surface area contributed by atoms with E-state index in [2.05, 4.69) is 31.2 Å². The molecule has 0 bridgehead atoms. The van der Waals surface area contributed by atoms with E-state index in [1.165, 1.54) is 23.5 Å². The average Bonchev–Trinajstić information content (AvgIpc) is 3.96. The molecule has 322 valence electrons. The van der Waals surface area contributed by atoms with Crippen molar-refractivity contribution in [2.75, 3.05) is 13.1 Å². The Balaban J connectivity index is 1.21. The summed E-state index contributed by atoms with van der Waals surface area (Å²) in [6.07, 6.45) is 8.73. The number of aliphatic hydroxyl groups is 1. The first-order chi connectivity index (χ1) is 28.7. The molecule has 1 aromatic heterocycles. The average molecular weight is 826 g/mol. The fourth-order valence-electron chi connectivity index (χ4n) is 8.33. The largest absolute Gasteiger partial charge is 0.415 e. The summed E-state index contributed by atoms with van der Waals surface area (Å²) in [5.74, 6) is -4.08. The highest BCUT2D eigenvalue weighted by Crippen LogP contribution is 2.34. The van der Waals surface area contributed by atoms with Gasteiger partial charge >= 0.3 is 6.09 Å². The topological polar surface area (TPSA) is 209 Å². The van der Waals surface area contributed by atoms with Gasteiger partial charge in [0.1, 0.15) is 11.4 Å². The normalized spacial score (nSPS) is 20.3. The Labute approximate surface area is 351 Å². The molecular formula is C45H59N7O8. The van der Waals surface area contributed by atoms with Gasteiger partial charge in [-0.15, -0.1) is 0 Å². The minimum absolute atomic E-state index is 0.0109. The van der Waals surface area contributed by atoms with Gasteiger partial charge in [0.15, 0.2) is 11.9 Å². The van der Waals surface area contributed by atoms with Crippen LogP contribution in [0.15, 0.2) is 61.1 Å². The highest BCUT2D eigenvalue weighted by atomic mass is 16.6. The summed E-state index contributed by atoms with van der Waals surface area (Å²) in [6, 6.07) is 10.3. The maximum absolute atomic E-state index is 14.5. The molecule has 2 aliphatic carbocycles. The number of carbonyl (C=O) groups excluding carboxylic acids is 6. The van der Waals surface area contributed by atoms with E-state index in [1.807, 2.05) is 58.0 Å². The van der Waals surface area contributed by atoms with Crippen LogP contribution < -0.4 is 26.0 Å². The summed E-state index contributed by atoms with van der Waals surface area (Å²) in [4.78, 5) is 92.3. The minimum atomic E-state index is -1.50. The molecule has 3 fully saturated rings. The van der Waals surface area contributed by atoms with Crippen LogP contribution in [-0.4, -0.2) is 98.8 Å². The zero-order chi connectivity index (χ0) is 43.0. The van der Waals surface area contributed by atoms with Crippen molar-refractivity contribution in [1.29, 1.82) is 0 Å². The number of hydrogen-bond acceptors (Lipinski definition) is 10. The predicted octanol–water partition coefficient (Wildman–Crippen LogP) is 4.47. The molecule has 15 nitrogen and oxygen atoms in total. The third-order valence-corrected chi connectivity index (χ3v) is 12.0. The number of carbonyl (C=O) groups is 6. The van der Waals surface area contributed by atoms with E-state index in [0.717, 1.165) is 55.7 Å². The standard InChI is InChI=1S/C45H59N7O8/c1-5-11-34(39(54)43(58)48-30-17-18-30)49-40(55)32-25-52(44(59)60-31-19-16-27-12-9-10-15-29(27)22-31)26-36(32)50-41(56)33(45(2,3)4)23-37(53)38(28-13-7-6-8-14-28)51-42(57)35-24-46-20-21-47-35/h9-10,12,15-16,19-22,24,28,30,32-34,36,38-39,54H,5-8,11,13-14,17-18,23,25-26H2,1-4H3,(H,48,58)(H,49,55)(H,50,56)(H,51,57)/t32-,33-,34+,36+,38+,39?/m1/s1. The molecular weight excluding hydrogens is 767 g/mol. The van der Waals surface area contributed by atoms with Crippen molar-refractivity contribution in [1.82, 2.24) is 36.1 Å². The number of aliphatic hydroxyl groups excluding tert-OH is 1. The van der Waals surface area contributed by atoms with Crippen molar-refractivity contribution in [3.63, 3.8) is 0 Å². The summed E-state index contributed by atoms with van der Waals surface area (Å²) in [5.41, 5.74) is -0.648. The van der Waals surface area contributed by atoms with Crippen molar-refractivity contribution in [2.45, 2.75) is 122 Å². The molecule has 60 heavy (non-hydrogen) atoms. The van der Waals surface area contributed by atoms with Gasteiger partial charge in [-0.3, -0.25) is 29.0 Å². The summed E-state index contributed by atoms with van der Waals surface area (Å²) < 4.78 is 5.78. The lowest BCUT2D eigenvalue weighted by molar-refractivity contribution is -0.135. The van der Waals surface area contributed by atoms with Crippen LogP contribution in [-0.2, 0) is 19.2 Å². The number of ether oxygens (including phenoxy) is 1. The quantitative estimate of drug-likeness (QED) is 0.137. The van der Waals surface area contributed by atoms with E-state index in [1.54, 1.807) is 12.1 Å². The maximum Gasteiger partial charge on any atom is 0.415 e. The second kappa shape index (κ2) is 19.7. The minimum Gasteiger partial charge on any atom is -0.410 e. The van der Waals surface area contributed by atoms with Gasteiger partial charge in [-0.2, -0.15) is 0 Å². The smallest absolute Gasteiger partial charge is 0.410 e. The Morgan fingerprint density at radius 2 is 1.62 bits per heavy atom. The van der Waals surface area contributed by atoms with Crippen molar-refractivity contribution in [3.05, 3.63) is 66.7 Å². The Bertz CT molecular complexity index is 2010. The molecule has 2 saturated carbocycles. The number of nitrogens with one attached hydrogen (secondary N) is 4. The lowest BCUT2D eigenvalue weighted by Gasteiger charge is -2.34. The molecule has 1 aliphatic heterocycles. The summed E-state index contributed by atoms with van der Waals surface area (Å²) in [6.45, 7) is 7.24. The number of ketones is 1. The molecule has 6 rings (SSSR count). The number of Topliss-reactive ketones (excluding diaryl/α,β-unsaturated/α-hetero) is 1. The summed E-state index contributed by atoms with van der Waals surface area (Å²) in [5, 5.41) is 24.5. The molecule has 5 amide bonds. The van der Waals surface area contributed by atoms with Crippen molar-refractivity contribution in [2.24, 2.45) is 23.2 Å². The van der Waals surface area contributed by atoms with Crippen LogP contribution in [0.2, 0.25) is 0 Å². The Kier molecular flexibility index (Phi) is 14.5. The van der Waals surface area contributed by atoms with Crippen LogP contribution in [0.4, 0.5) is 4.79 Å². The number of aromatic nitrogens is 2. The van der Waals surface area contributed by atoms with Crippen LogP contribution in [0.5, 0.6) is 5.75 Å². The Hall–Kier alpha value is -5.44. The first-order valence-corrected chi connectivity index (χ1v) is 21.4. The van der Waals surface area contributed by atoms with Gasteiger partial charge in [0.2, 0.25) is 11.8 Å². The molecule has 0 spiro atoms. The van der Waals surface area contributed by atoms with E-state index in [4.69, 9.17) is 4.74 Å². The maximum atomic E-state index is 14.5. The van der Waals surface area contributed by atoms with Gasteiger partial charge in [0.05, 0.1) is 30.2 Å². The Morgan fingerprint density at radius 1 is 0.883 bits per heavy atom. The fourth-order valence-corrected chi connectivity index (χ4v) is 8.33. The number of likely N-dealkylation sites (tertiary alicyclic amines) is 1. The number of fused-ring (bicyclic) bond motifs is 1. The molecule has 1 unspecified atom stereocenters. The Morgan fingerprint density at radius 3 is 2.28 bits per heavy atom. The molecule has 1 saturated heterocycles. The van der Waals surface area contributed by atoms with Crippen molar-refractivity contribution in [3.8, 4) is 5.75 Å². The molecule has 6 atom stereocenters. The first-order valence-electron chi connectivity index (χ1n) is 21.4. The SMILES string of the molecule is CCC[C@H](NC(=O)[C@@H]1CN(C(=O)Oc2ccc3ccccc3c2)C[C@@H]1NC(=O)[C@@H](CC(=O)[C@@H](NC(=O)c1cnccn1)C1CCCCC1)C(C)(C)C)C(O)C(=O)NC1CC1. The molecule has 15 heteroatoms. The molecule has 3 aromatic rings. The number of rotatable bonds is 16. The molecule has 2 aromatic carbocycles. The van der Waals surface area contributed by atoms with E-state index in [0.29, 0.717) is 18.6 Å². The third-order valence-electron chi connectivity index (χ3n) is 12.0. The lowest BCUT2D eigenvalue weighted by Crippen LogP contribution is -2.55. The second-order valence-corrected chi connectivity index (χ2v) is 17.7. The van der Waals surface area contributed by atoms with Crippen LogP contribution in [0, 0.1) is 23.2 Å². The van der Waals surface area contributed by atoms with E-state index in [-0.39, 0.29) is 42.9 Å². The molecule has 5 N–H and O–H groups in total. The van der Waals surface area contributed by atoms with Crippen LogP contribution >= 0.6 is 0 Å². The van der Waals surface area contributed by atoms with E-state index in [9.17, 15) is 33.9 Å². The lowest BCUT2D eigenvalue weighted by atomic mass is 9.74. The van der Waals surface area contributed by atoms with Crippen molar-refractivity contribution >= 4 is 46.3 Å². The number of nitrogens with zero attached hydrogens (tertiary/aromatic N) is 3. The number of hydrogen-bond donors (Lipinski definition) is 5. The summed E-state index contributed by atoms with van der Waals surface area (Å²) >= 11 is 0. The van der Waals surface area contributed by atoms with Crippen LogP contribution in [0.25, 0.3) is 10.8 Å². The first kappa shape index (κ1) is 44.1. The van der Waals surface area contributed by atoms with Gasteiger partial charge in [-0.25, -0.2) is 9.78 Å². The van der Waals surface area contributed by atoms with E-state index < -0.39 is 71.2 Å². The molecule has 3 aliphatic rings. The highest BCUT2D eigenvalue weighted by molar-refractivity contribution is 5.98. The molecule has 2 heterocycles. The van der Waals surface area contributed by atoms with Gasteiger partial charge < -0.3 is 36.0 Å². The van der Waals surface area contributed by atoms with Gasteiger partial charge in [-0.05, 0) is 66.3 Å². The fraction of sp³-hybridized carbons (Fsp3) is 0.556. The highest BCUT2D eigenvalue weighted by Gasteiger charge is 2.45. The monoisotopic (exact) mass is 825 g/mol. The van der Waals surface area contributed by atoms with Crippen molar-refractivity contribution < 1.29 is 38.6 Å². The van der Waals surface area contributed by atoms with E-state index >= 15 is 0 Å². The van der Waals surface area contributed by atoms with Crippen LogP contribution in [0.1, 0.15) is 102 Å². The second-order valence-electron chi connectivity index (χ2n) is 17.7. The zero-order valence-electron chi connectivity index (χ0n) is 35.0. The third kappa shape index (κ3) is 11.4. The zero-order valence-corrected chi connectivity index (χ0v) is 35.0. The molecule has 0 radical (unpaired) electrons. The van der Waals surface area contributed by atoms with Gasteiger partial charge in [-0.1, -0.05) is 83.7 Å². The van der Waals surface area contributed by atoms with Crippen LogP contribution in [0.3, 0.4) is 0 Å². The number of benzene rings is 2. The summed E-state index contributed by atoms with van der Waals surface area (Å²) in [7, 11) is 0. The predicted molar refractivity (Wildman–Crippen MR) is 223 cm³/mol. The number of amides is 5. The van der Waals surface area contributed by atoms with Gasteiger partial charge in [0.25, 0.3) is 11.8 Å².